The van der Waals surface area contributed by atoms with E-state index >= 15 is 0 Å². The number of para-hydroxylation sites is 1. The molecule has 1 atom stereocenters. The molecule has 1 unspecified atom stereocenters. The Labute approximate surface area is 115 Å². The second-order valence-corrected chi connectivity index (χ2v) is 5.61. The van der Waals surface area contributed by atoms with Crippen molar-refractivity contribution in [3.8, 4) is 0 Å². The molecule has 1 aromatic heterocycles. The monoisotopic (exact) mass is 254 g/mol. The smallest absolute Gasteiger partial charge is 0.0749 e. The fourth-order valence-electron chi connectivity index (χ4n) is 2.73. The molecule has 1 aliphatic carbocycles. The number of rotatable bonds is 6. The Hall–Kier alpha value is -1.41. The first-order valence-corrected chi connectivity index (χ1v) is 7.45. The van der Waals surface area contributed by atoms with Crippen molar-refractivity contribution in [3.05, 3.63) is 42.1 Å². The van der Waals surface area contributed by atoms with Crippen LogP contribution in [0.15, 0.2) is 36.5 Å². The van der Waals surface area contributed by atoms with Gasteiger partial charge in [-0.1, -0.05) is 44.0 Å². The molecule has 1 aromatic carbocycles. The predicted octanol–water partition coefficient (Wildman–Crippen LogP) is 4.08. The van der Waals surface area contributed by atoms with Crippen molar-refractivity contribution < 1.29 is 0 Å². The van der Waals surface area contributed by atoms with Gasteiger partial charge in [-0.2, -0.15) is 0 Å². The van der Waals surface area contributed by atoms with Gasteiger partial charge in [-0.05, 0) is 36.9 Å². The number of pyridine rings is 1. The van der Waals surface area contributed by atoms with E-state index in [4.69, 9.17) is 0 Å². The van der Waals surface area contributed by atoms with E-state index in [0.29, 0.717) is 6.04 Å². The number of benzene rings is 1. The minimum absolute atomic E-state index is 0.464. The van der Waals surface area contributed by atoms with E-state index in [0.717, 1.165) is 12.5 Å². The molecule has 3 rings (SSSR count). The van der Waals surface area contributed by atoms with E-state index in [1.165, 1.54) is 42.1 Å². The Balaban J connectivity index is 1.93. The van der Waals surface area contributed by atoms with Crippen LogP contribution >= 0.6 is 0 Å². The van der Waals surface area contributed by atoms with Crippen molar-refractivity contribution in [2.24, 2.45) is 5.92 Å². The lowest BCUT2D eigenvalue weighted by Crippen LogP contribution is -2.23. The zero-order valence-corrected chi connectivity index (χ0v) is 11.6. The van der Waals surface area contributed by atoms with Crippen molar-refractivity contribution >= 4 is 10.9 Å². The third-order valence-electron chi connectivity index (χ3n) is 3.95. The zero-order chi connectivity index (χ0) is 13.1. The average molecular weight is 254 g/mol. The third-order valence-corrected chi connectivity index (χ3v) is 3.95. The number of fused-ring (bicyclic) bond motifs is 1. The summed E-state index contributed by atoms with van der Waals surface area (Å²) in [5.74, 6) is 0.924. The molecular formula is C17H22N2. The van der Waals surface area contributed by atoms with Gasteiger partial charge in [0.2, 0.25) is 0 Å². The summed E-state index contributed by atoms with van der Waals surface area (Å²) in [5.41, 5.74) is 2.54. The van der Waals surface area contributed by atoms with Crippen molar-refractivity contribution in [2.75, 3.05) is 6.54 Å². The van der Waals surface area contributed by atoms with Crippen LogP contribution in [0.2, 0.25) is 0 Å². The van der Waals surface area contributed by atoms with Crippen LogP contribution in [0.4, 0.5) is 0 Å². The molecule has 2 nitrogen and oxygen atoms in total. The molecule has 1 fully saturated rings. The van der Waals surface area contributed by atoms with E-state index in [9.17, 15) is 0 Å². The molecule has 0 saturated heterocycles. The van der Waals surface area contributed by atoms with Crippen molar-refractivity contribution in [1.29, 1.82) is 0 Å². The van der Waals surface area contributed by atoms with Gasteiger partial charge in [-0.25, -0.2) is 0 Å². The van der Waals surface area contributed by atoms with Gasteiger partial charge in [0.05, 0.1) is 5.52 Å². The number of hydrogen-bond donors (Lipinski definition) is 1. The fraction of sp³-hybridized carbons (Fsp3) is 0.471. The summed E-state index contributed by atoms with van der Waals surface area (Å²) >= 11 is 0. The molecule has 19 heavy (non-hydrogen) atoms. The summed E-state index contributed by atoms with van der Waals surface area (Å²) < 4.78 is 0. The molecule has 0 amide bonds. The van der Waals surface area contributed by atoms with Crippen molar-refractivity contribution in [2.45, 2.75) is 38.6 Å². The van der Waals surface area contributed by atoms with Crippen LogP contribution in [-0.4, -0.2) is 11.5 Å². The topological polar surface area (TPSA) is 24.9 Å². The Bertz CT molecular complexity index is 540. The van der Waals surface area contributed by atoms with Gasteiger partial charge in [0.1, 0.15) is 0 Å². The highest BCUT2D eigenvalue weighted by Gasteiger charge is 2.26. The van der Waals surface area contributed by atoms with E-state index in [1.54, 1.807) is 0 Å². The van der Waals surface area contributed by atoms with Gasteiger partial charge < -0.3 is 5.32 Å². The number of hydrogen-bond acceptors (Lipinski definition) is 2. The van der Waals surface area contributed by atoms with Gasteiger partial charge in [-0.3, -0.25) is 4.98 Å². The predicted molar refractivity (Wildman–Crippen MR) is 80.1 cm³/mol. The van der Waals surface area contributed by atoms with Crippen molar-refractivity contribution in [1.82, 2.24) is 10.3 Å². The minimum Gasteiger partial charge on any atom is -0.310 e. The number of aromatic nitrogens is 1. The minimum atomic E-state index is 0.464. The van der Waals surface area contributed by atoms with Crippen LogP contribution in [0.25, 0.3) is 10.9 Å². The van der Waals surface area contributed by atoms with E-state index in [2.05, 4.69) is 41.5 Å². The van der Waals surface area contributed by atoms with Gasteiger partial charge in [-0.15, -0.1) is 0 Å². The maximum absolute atomic E-state index is 4.60. The van der Waals surface area contributed by atoms with Crippen molar-refractivity contribution in [3.63, 3.8) is 0 Å². The number of nitrogens with zero attached hydrogens (tertiary/aromatic N) is 1. The highest BCUT2D eigenvalue weighted by Crippen LogP contribution is 2.38. The molecule has 0 bridgehead atoms. The Morgan fingerprint density at radius 2 is 2.11 bits per heavy atom. The first kappa shape index (κ1) is 12.6. The van der Waals surface area contributed by atoms with Gasteiger partial charge in [0.15, 0.2) is 0 Å². The fourth-order valence-corrected chi connectivity index (χ4v) is 2.73. The lowest BCUT2D eigenvalue weighted by Gasteiger charge is -2.20. The summed E-state index contributed by atoms with van der Waals surface area (Å²) in [7, 11) is 0. The maximum Gasteiger partial charge on any atom is 0.0749 e. The second-order valence-electron chi connectivity index (χ2n) is 5.61. The Morgan fingerprint density at radius 3 is 2.89 bits per heavy atom. The summed E-state index contributed by atoms with van der Waals surface area (Å²) in [6.45, 7) is 3.31. The van der Waals surface area contributed by atoms with Gasteiger partial charge in [0.25, 0.3) is 0 Å². The summed E-state index contributed by atoms with van der Waals surface area (Å²) in [4.78, 5) is 4.60. The standard InChI is InChI=1S/C17H22N2/c1-2-10-18-16(12-13-8-9-13)15-7-3-5-14-6-4-11-19-17(14)15/h3-7,11,13,16,18H,2,8-10,12H2,1H3. The summed E-state index contributed by atoms with van der Waals surface area (Å²) in [5, 5.41) is 4.96. The molecule has 2 heteroatoms. The molecule has 1 heterocycles. The normalized spacial score (nSPS) is 16.7. The second kappa shape index (κ2) is 5.70. The quantitative estimate of drug-likeness (QED) is 0.840. The summed E-state index contributed by atoms with van der Waals surface area (Å²) in [6, 6.07) is 11.2. The third kappa shape index (κ3) is 2.95. The van der Waals surface area contributed by atoms with Crippen LogP contribution in [0, 0.1) is 5.92 Å². The van der Waals surface area contributed by atoms with Crippen LogP contribution in [0.3, 0.4) is 0 Å². The first-order valence-electron chi connectivity index (χ1n) is 7.45. The highest BCUT2D eigenvalue weighted by atomic mass is 14.9. The average Bonchev–Trinajstić information content (AvgIpc) is 3.27. The molecule has 100 valence electrons. The number of nitrogens with one attached hydrogen (secondary N) is 1. The molecular weight excluding hydrogens is 232 g/mol. The van der Waals surface area contributed by atoms with Crippen LogP contribution < -0.4 is 5.32 Å². The highest BCUT2D eigenvalue weighted by molar-refractivity contribution is 5.82. The van der Waals surface area contributed by atoms with E-state index in [1.807, 2.05) is 12.3 Å². The van der Waals surface area contributed by atoms with Crippen LogP contribution in [0.5, 0.6) is 0 Å². The Kier molecular flexibility index (Phi) is 3.79. The summed E-state index contributed by atoms with van der Waals surface area (Å²) in [6.07, 6.45) is 7.15. The van der Waals surface area contributed by atoms with Gasteiger partial charge in [0, 0.05) is 17.6 Å². The molecule has 0 radical (unpaired) electrons. The molecule has 1 N–H and O–H groups in total. The van der Waals surface area contributed by atoms with E-state index in [-0.39, 0.29) is 0 Å². The van der Waals surface area contributed by atoms with Crippen LogP contribution in [-0.2, 0) is 0 Å². The lowest BCUT2D eigenvalue weighted by molar-refractivity contribution is 0.476. The first-order chi connectivity index (χ1) is 9.38. The Morgan fingerprint density at radius 1 is 1.26 bits per heavy atom. The SMILES string of the molecule is CCCNC(CC1CC1)c1cccc2cccnc12. The molecule has 1 aliphatic rings. The van der Waals surface area contributed by atoms with Gasteiger partial charge >= 0.3 is 0 Å². The lowest BCUT2D eigenvalue weighted by atomic mass is 9.98. The molecule has 1 saturated carbocycles. The van der Waals surface area contributed by atoms with E-state index < -0.39 is 0 Å². The zero-order valence-electron chi connectivity index (χ0n) is 11.6. The molecule has 0 spiro atoms. The molecule has 2 aromatic rings. The maximum atomic E-state index is 4.60. The van der Waals surface area contributed by atoms with Crippen LogP contribution in [0.1, 0.15) is 44.2 Å². The molecule has 0 aliphatic heterocycles. The largest absolute Gasteiger partial charge is 0.310 e.